The monoisotopic (exact) mass is 277 g/mol. The lowest BCUT2D eigenvalue weighted by molar-refractivity contribution is -0.137. The van der Waals surface area contributed by atoms with Crippen LogP contribution in [0.15, 0.2) is 30.5 Å². The van der Waals surface area contributed by atoms with Crippen molar-refractivity contribution in [3.8, 4) is 11.3 Å². The number of rotatable bonds is 1. The summed E-state index contributed by atoms with van der Waals surface area (Å²) in [6, 6.07) is 3.00. The van der Waals surface area contributed by atoms with Crippen LogP contribution in [0, 0.1) is 17.5 Å². The third kappa shape index (κ3) is 2.69. The van der Waals surface area contributed by atoms with Crippen LogP contribution in [0.1, 0.15) is 5.56 Å². The van der Waals surface area contributed by atoms with Gasteiger partial charge in [0.25, 0.3) is 0 Å². The van der Waals surface area contributed by atoms with Crippen molar-refractivity contribution in [2.24, 2.45) is 0 Å². The van der Waals surface area contributed by atoms with Crippen molar-refractivity contribution in [3.05, 3.63) is 53.5 Å². The summed E-state index contributed by atoms with van der Waals surface area (Å²) in [4.78, 5) is 3.45. The van der Waals surface area contributed by atoms with Gasteiger partial charge in [-0.3, -0.25) is 4.98 Å². The molecule has 0 bridgehead atoms. The molecule has 0 amide bonds. The van der Waals surface area contributed by atoms with Crippen LogP contribution in [-0.4, -0.2) is 4.98 Å². The highest BCUT2D eigenvalue weighted by atomic mass is 19.4. The molecule has 2 rings (SSSR count). The first-order valence-electron chi connectivity index (χ1n) is 4.97. The third-order valence-electron chi connectivity index (χ3n) is 2.37. The molecule has 1 aromatic heterocycles. The van der Waals surface area contributed by atoms with E-state index < -0.39 is 29.2 Å². The number of nitrogens with zero attached hydrogens (tertiary/aromatic N) is 1. The number of hydrogen-bond acceptors (Lipinski definition) is 1. The van der Waals surface area contributed by atoms with Crippen molar-refractivity contribution in [1.29, 1.82) is 0 Å². The van der Waals surface area contributed by atoms with Crippen molar-refractivity contribution in [2.45, 2.75) is 6.18 Å². The fourth-order valence-corrected chi connectivity index (χ4v) is 1.44. The maximum absolute atomic E-state index is 13.0. The molecule has 0 N–H and O–H groups in total. The van der Waals surface area contributed by atoms with Gasteiger partial charge in [-0.1, -0.05) is 0 Å². The van der Waals surface area contributed by atoms with E-state index in [1.165, 1.54) is 0 Å². The Hall–Kier alpha value is -2.05. The first-order chi connectivity index (χ1) is 8.79. The molecular weight excluding hydrogens is 272 g/mol. The Morgan fingerprint density at radius 3 is 1.89 bits per heavy atom. The highest BCUT2D eigenvalue weighted by Crippen LogP contribution is 2.30. The standard InChI is InChI=1S/C12H5F6N/c13-8-3-6(4-9(14)11(8)15)10-2-1-7(5-19-10)12(16,17)18/h1-5H. The van der Waals surface area contributed by atoms with Crippen molar-refractivity contribution in [1.82, 2.24) is 4.98 Å². The molecule has 0 atom stereocenters. The largest absolute Gasteiger partial charge is 0.417 e. The van der Waals surface area contributed by atoms with Crippen LogP contribution in [0.2, 0.25) is 0 Å². The van der Waals surface area contributed by atoms with Gasteiger partial charge in [0.05, 0.1) is 11.3 Å². The van der Waals surface area contributed by atoms with Gasteiger partial charge < -0.3 is 0 Å². The first kappa shape index (κ1) is 13.4. The quantitative estimate of drug-likeness (QED) is 0.562. The summed E-state index contributed by atoms with van der Waals surface area (Å²) in [6.45, 7) is 0. The van der Waals surface area contributed by atoms with E-state index in [0.29, 0.717) is 18.3 Å². The Balaban J connectivity index is 2.43. The Bertz CT molecular complexity index is 580. The Morgan fingerprint density at radius 2 is 1.47 bits per heavy atom. The van der Waals surface area contributed by atoms with Crippen molar-refractivity contribution in [2.75, 3.05) is 0 Å². The van der Waals surface area contributed by atoms with E-state index in [2.05, 4.69) is 4.98 Å². The number of halogens is 6. The Kier molecular flexibility index (Phi) is 3.21. The van der Waals surface area contributed by atoms with E-state index in [1.54, 1.807) is 0 Å². The van der Waals surface area contributed by atoms with Crippen LogP contribution in [0.4, 0.5) is 26.3 Å². The fourth-order valence-electron chi connectivity index (χ4n) is 1.44. The molecule has 0 radical (unpaired) electrons. The van der Waals surface area contributed by atoms with E-state index in [9.17, 15) is 26.3 Å². The Labute approximate surface area is 103 Å². The number of alkyl halides is 3. The molecule has 0 aliphatic carbocycles. The molecule has 2 aromatic rings. The molecule has 0 saturated heterocycles. The maximum atomic E-state index is 13.0. The predicted molar refractivity (Wildman–Crippen MR) is 54.5 cm³/mol. The Morgan fingerprint density at radius 1 is 0.895 bits per heavy atom. The summed E-state index contributed by atoms with van der Waals surface area (Å²) in [7, 11) is 0. The molecular formula is C12H5F6N. The molecule has 19 heavy (non-hydrogen) atoms. The highest BCUT2D eigenvalue weighted by Gasteiger charge is 2.30. The zero-order chi connectivity index (χ0) is 14.2. The van der Waals surface area contributed by atoms with Gasteiger partial charge in [0.2, 0.25) is 0 Å². The van der Waals surface area contributed by atoms with E-state index >= 15 is 0 Å². The summed E-state index contributed by atoms with van der Waals surface area (Å²) in [5, 5.41) is 0. The number of hydrogen-bond donors (Lipinski definition) is 0. The predicted octanol–water partition coefficient (Wildman–Crippen LogP) is 4.18. The molecule has 0 unspecified atom stereocenters. The van der Waals surface area contributed by atoms with Gasteiger partial charge >= 0.3 is 6.18 Å². The van der Waals surface area contributed by atoms with Crippen LogP contribution in [0.25, 0.3) is 11.3 Å². The maximum Gasteiger partial charge on any atom is 0.417 e. The topological polar surface area (TPSA) is 12.9 Å². The molecule has 0 saturated carbocycles. The summed E-state index contributed by atoms with van der Waals surface area (Å²) in [5.74, 6) is -4.51. The average Bonchev–Trinajstić information content (AvgIpc) is 2.34. The third-order valence-corrected chi connectivity index (χ3v) is 2.37. The lowest BCUT2D eigenvalue weighted by atomic mass is 10.1. The summed E-state index contributed by atoms with van der Waals surface area (Å²) in [5.41, 5.74) is -1.23. The normalized spacial score (nSPS) is 11.7. The second kappa shape index (κ2) is 4.56. The van der Waals surface area contributed by atoms with Gasteiger partial charge in [0.1, 0.15) is 0 Å². The molecule has 0 aliphatic rings. The van der Waals surface area contributed by atoms with E-state index in [-0.39, 0.29) is 11.3 Å². The molecule has 0 fully saturated rings. The minimum atomic E-state index is -4.55. The van der Waals surface area contributed by atoms with Crippen molar-refractivity contribution >= 4 is 0 Å². The molecule has 7 heteroatoms. The zero-order valence-electron chi connectivity index (χ0n) is 9.10. The lowest BCUT2D eigenvalue weighted by Gasteiger charge is -2.07. The molecule has 1 aromatic carbocycles. The zero-order valence-corrected chi connectivity index (χ0v) is 9.10. The van der Waals surface area contributed by atoms with Crippen LogP contribution < -0.4 is 0 Å². The van der Waals surface area contributed by atoms with E-state index in [4.69, 9.17) is 0 Å². The van der Waals surface area contributed by atoms with Crippen molar-refractivity contribution in [3.63, 3.8) is 0 Å². The van der Waals surface area contributed by atoms with E-state index in [0.717, 1.165) is 12.1 Å². The second-order valence-corrected chi connectivity index (χ2v) is 3.68. The SMILES string of the molecule is Fc1cc(-c2ccc(C(F)(F)F)cn2)cc(F)c1F. The van der Waals surface area contributed by atoms with Gasteiger partial charge in [-0.2, -0.15) is 13.2 Å². The van der Waals surface area contributed by atoms with Crippen LogP contribution in [0.3, 0.4) is 0 Å². The first-order valence-corrected chi connectivity index (χ1v) is 4.97. The number of benzene rings is 1. The number of aromatic nitrogens is 1. The second-order valence-electron chi connectivity index (χ2n) is 3.68. The smallest absolute Gasteiger partial charge is 0.256 e. The molecule has 0 spiro atoms. The van der Waals surface area contributed by atoms with Crippen LogP contribution in [0.5, 0.6) is 0 Å². The van der Waals surface area contributed by atoms with Crippen LogP contribution in [-0.2, 0) is 6.18 Å². The van der Waals surface area contributed by atoms with Crippen LogP contribution >= 0.6 is 0 Å². The summed E-state index contributed by atoms with van der Waals surface area (Å²) < 4.78 is 75.6. The molecule has 0 aliphatic heterocycles. The molecule has 1 nitrogen and oxygen atoms in total. The minimum Gasteiger partial charge on any atom is -0.256 e. The van der Waals surface area contributed by atoms with Gasteiger partial charge in [-0.15, -0.1) is 0 Å². The van der Waals surface area contributed by atoms with Gasteiger partial charge in [-0.25, -0.2) is 13.2 Å². The minimum absolute atomic E-state index is 0.0919. The highest BCUT2D eigenvalue weighted by molar-refractivity contribution is 5.59. The molecule has 1 heterocycles. The van der Waals surface area contributed by atoms with Gasteiger partial charge in [-0.05, 0) is 24.3 Å². The molecule has 100 valence electrons. The van der Waals surface area contributed by atoms with E-state index in [1.807, 2.05) is 0 Å². The fraction of sp³-hybridized carbons (Fsp3) is 0.0833. The number of pyridine rings is 1. The van der Waals surface area contributed by atoms with Gasteiger partial charge in [0.15, 0.2) is 17.5 Å². The summed E-state index contributed by atoms with van der Waals surface area (Å²) >= 11 is 0. The lowest BCUT2D eigenvalue weighted by Crippen LogP contribution is -2.05. The summed E-state index contributed by atoms with van der Waals surface area (Å²) in [6.07, 6.45) is -4.01. The van der Waals surface area contributed by atoms with Gasteiger partial charge in [0, 0.05) is 11.8 Å². The average molecular weight is 277 g/mol. The van der Waals surface area contributed by atoms with Crippen molar-refractivity contribution < 1.29 is 26.3 Å².